The molecule has 1 heteroatoms. The Balaban J connectivity index is 2.25. The molecule has 0 spiro atoms. The molecule has 1 nitrogen and oxygen atoms in total. The SMILES string of the molecule is CCCCCCC(CC1CCCCCC1)NCCC. The van der Waals surface area contributed by atoms with Gasteiger partial charge in [0.15, 0.2) is 0 Å². The molecule has 0 aliphatic heterocycles. The first-order valence-corrected chi connectivity index (χ1v) is 9.10. The third-order valence-electron chi connectivity index (χ3n) is 4.68. The number of hydrogen-bond donors (Lipinski definition) is 1. The van der Waals surface area contributed by atoms with Crippen molar-refractivity contribution in [3.63, 3.8) is 0 Å². The highest BCUT2D eigenvalue weighted by atomic mass is 14.9. The van der Waals surface area contributed by atoms with Gasteiger partial charge in [-0.1, -0.05) is 78.1 Å². The molecule has 0 amide bonds. The molecule has 0 bridgehead atoms. The Labute approximate surface area is 121 Å². The Morgan fingerprint density at radius 3 is 2.26 bits per heavy atom. The Bertz CT molecular complexity index is 182. The smallest absolute Gasteiger partial charge is 0.00696 e. The minimum atomic E-state index is 0.805. The summed E-state index contributed by atoms with van der Waals surface area (Å²) < 4.78 is 0. The predicted octanol–water partition coefficient (Wildman–Crippen LogP) is 5.69. The first kappa shape index (κ1) is 17.0. The van der Waals surface area contributed by atoms with Crippen molar-refractivity contribution < 1.29 is 0 Å². The van der Waals surface area contributed by atoms with Gasteiger partial charge in [-0.2, -0.15) is 0 Å². The first-order valence-electron chi connectivity index (χ1n) is 9.10. The van der Waals surface area contributed by atoms with Crippen LogP contribution in [0.4, 0.5) is 0 Å². The summed E-state index contributed by atoms with van der Waals surface area (Å²) in [7, 11) is 0. The van der Waals surface area contributed by atoms with Crippen molar-refractivity contribution in [3.05, 3.63) is 0 Å². The van der Waals surface area contributed by atoms with E-state index in [0.29, 0.717) is 0 Å². The van der Waals surface area contributed by atoms with Crippen LogP contribution in [0.1, 0.15) is 97.3 Å². The Hall–Kier alpha value is -0.0400. The molecule has 19 heavy (non-hydrogen) atoms. The summed E-state index contributed by atoms with van der Waals surface area (Å²) in [4.78, 5) is 0. The van der Waals surface area contributed by atoms with Crippen molar-refractivity contribution in [2.75, 3.05) is 6.54 Å². The lowest BCUT2D eigenvalue weighted by Crippen LogP contribution is -2.31. The normalized spacial score (nSPS) is 19.3. The fourth-order valence-electron chi connectivity index (χ4n) is 3.47. The molecule has 1 aliphatic rings. The van der Waals surface area contributed by atoms with E-state index >= 15 is 0 Å². The highest BCUT2D eigenvalue weighted by Crippen LogP contribution is 2.27. The summed E-state index contributed by atoms with van der Waals surface area (Å²) in [6.07, 6.45) is 18.7. The van der Waals surface area contributed by atoms with Gasteiger partial charge in [0, 0.05) is 6.04 Å². The van der Waals surface area contributed by atoms with Gasteiger partial charge in [0.1, 0.15) is 0 Å². The Morgan fingerprint density at radius 1 is 0.895 bits per heavy atom. The van der Waals surface area contributed by atoms with Crippen LogP contribution in [0.2, 0.25) is 0 Å². The summed E-state index contributed by atoms with van der Waals surface area (Å²) in [5, 5.41) is 3.81. The lowest BCUT2D eigenvalue weighted by atomic mass is 9.90. The first-order chi connectivity index (χ1) is 9.36. The van der Waals surface area contributed by atoms with Crippen LogP contribution >= 0.6 is 0 Å². The molecular formula is C18H37N. The lowest BCUT2D eigenvalue weighted by Gasteiger charge is -2.24. The summed E-state index contributed by atoms with van der Waals surface area (Å²) in [5.74, 6) is 1.02. The van der Waals surface area contributed by atoms with Crippen molar-refractivity contribution in [2.45, 2.75) is 103 Å². The minimum Gasteiger partial charge on any atom is -0.314 e. The van der Waals surface area contributed by atoms with E-state index in [4.69, 9.17) is 0 Å². The Kier molecular flexibility index (Phi) is 10.5. The maximum atomic E-state index is 3.81. The molecule has 1 fully saturated rings. The fourth-order valence-corrected chi connectivity index (χ4v) is 3.47. The second-order valence-corrected chi connectivity index (χ2v) is 6.59. The van der Waals surface area contributed by atoms with Crippen LogP contribution in [0.3, 0.4) is 0 Å². The van der Waals surface area contributed by atoms with Crippen LogP contribution in [0.25, 0.3) is 0 Å². The van der Waals surface area contributed by atoms with E-state index in [1.807, 2.05) is 0 Å². The monoisotopic (exact) mass is 267 g/mol. The van der Waals surface area contributed by atoms with Gasteiger partial charge in [-0.3, -0.25) is 0 Å². The van der Waals surface area contributed by atoms with Crippen molar-refractivity contribution in [1.29, 1.82) is 0 Å². The van der Waals surface area contributed by atoms with Gasteiger partial charge >= 0.3 is 0 Å². The highest BCUT2D eigenvalue weighted by molar-refractivity contribution is 4.74. The molecule has 1 N–H and O–H groups in total. The molecule has 0 saturated heterocycles. The van der Waals surface area contributed by atoms with Gasteiger partial charge in [-0.25, -0.2) is 0 Å². The molecule has 1 unspecified atom stereocenters. The van der Waals surface area contributed by atoms with Gasteiger partial charge in [-0.05, 0) is 31.7 Å². The molecular weight excluding hydrogens is 230 g/mol. The molecule has 114 valence electrons. The average Bonchev–Trinajstić information content (AvgIpc) is 2.69. The number of unbranched alkanes of at least 4 members (excludes halogenated alkanes) is 3. The van der Waals surface area contributed by atoms with E-state index in [1.54, 1.807) is 0 Å². The second-order valence-electron chi connectivity index (χ2n) is 6.59. The van der Waals surface area contributed by atoms with Crippen molar-refractivity contribution in [3.8, 4) is 0 Å². The van der Waals surface area contributed by atoms with E-state index in [-0.39, 0.29) is 0 Å². The van der Waals surface area contributed by atoms with E-state index in [1.165, 1.54) is 90.0 Å². The summed E-state index contributed by atoms with van der Waals surface area (Å²) in [5.41, 5.74) is 0. The molecule has 1 aliphatic carbocycles. The number of rotatable bonds is 10. The molecule has 0 aromatic rings. The summed E-state index contributed by atoms with van der Waals surface area (Å²) in [6.45, 7) is 5.80. The zero-order valence-electron chi connectivity index (χ0n) is 13.6. The standard InChI is InChI=1S/C18H37N/c1-3-5-6-11-14-18(19-15-4-2)16-17-12-9-7-8-10-13-17/h17-19H,3-16H2,1-2H3. The van der Waals surface area contributed by atoms with Crippen molar-refractivity contribution in [1.82, 2.24) is 5.32 Å². The molecule has 0 aromatic carbocycles. The van der Waals surface area contributed by atoms with Crippen LogP contribution in [0.15, 0.2) is 0 Å². The summed E-state index contributed by atoms with van der Waals surface area (Å²) >= 11 is 0. The molecule has 0 radical (unpaired) electrons. The van der Waals surface area contributed by atoms with Gasteiger partial charge < -0.3 is 5.32 Å². The van der Waals surface area contributed by atoms with E-state index in [2.05, 4.69) is 19.2 Å². The van der Waals surface area contributed by atoms with E-state index in [0.717, 1.165) is 12.0 Å². The lowest BCUT2D eigenvalue weighted by molar-refractivity contribution is 0.332. The van der Waals surface area contributed by atoms with Crippen molar-refractivity contribution >= 4 is 0 Å². The third-order valence-corrected chi connectivity index (χ3v) is 4.68. The Morgan fingerprint density at radius 2 is 1.63 bits per heavy atom. The van der Waals surface area contributed by atoms with Crippen LogP contribution < -0.4 is 5.32 Å². The topological polar surface area (TPSA) is 12.0 Å². The second kappa shape index (κ2) is 11.8. The average molecular weight is 268 g/mol. The molecule has 1 rings (SSSR count). The van der Waals surface area contributed by atoms with Gasteiger partial charge in [-0.15, -0.1) is 0 Å². The predicted molar refractivity (Wildman–Crippen MR) is 86.6 cm³/mol. The fraction of sp³-hybridized carbons (Fsp3) is 1.00. The maximum absolute atomic E-state index is 3.81. The minimum absolute atomic E-state index is 0.805. The van der Waals surface area contributed by atoms with Crippen LogP contribution in [0, 0.1) is 5.92 Å². The number of nitrogens with one attached hydrogen (secondary N) is 1. The van der Waals surface area contributed by atoms with Crippen molar-refractivity contribution in [2.24, 2.45) is 5.92 Å². The largest absolute Gasteiger partial charge is 0.314 e. The molecule has 1 saturated carbocycles. The number of hydrogen-bond acceptors (Lipinski definition) is 1. The van der Waals surface area contributed by atoms with Gasteiger partial charge in [0.25, 0.3) is 0 Å². The van der Waals surface area contributed by atoms with Crippen LogP contribution in [0.5, 0.6) is 0 Å². The maximum Gasteiger partial charge on any atom is 0.00696 e. The van der Waals surface area contributed by atoms with Crippen LogP contribution in [-0.2, 0) is 0 Å². The van der Waals surface area contributed by atoms with Gasteiger partial charge in [0.05, 0.1) is 0 Å². The highest BCUT2D eigenvalue weighted by Gasteiger charge is 2.17. The van der Waals surface area contributed by atoms with E-state index < -0.39 is 0 Å². The molecule has 0 heterocycles. The third kappa shape index (κ3) is 8.68. The summed E-state index contributed by atoms with van der Waals surface area (Å²) in [6, 6.07) is 0.805. The molecule has 1 atom stereocenters. The zero-order valence-corrected chi connectivity index (χ0v) is 13.6. The van der Waals surface area contributed by atoms with E-state index in [9.17, 15) is 0 Å². The molecule has 0 aromatic heterocycles. The zero-order chi connectivity index (χ0) is 13.8. The van der Waals surface area contributed by atoms with Crippen LogP contribution in [-0.4, -0.2) is 12.6 Å². The van der Waals surface area contributed by atoms with Gasteiger partial charge in [0.2, 0.25) is 0 Å². The quantitative estimate of drug-likeness (QED) is 0.396.